The van der Waals surface area contributed by atoms with Crippen LogP contribution in [0.15, 0.2) is 59.4 Å². The fourth-order valence-electron chi connectivity index (χ4n) is 3.30. The maximum atomic E-state index is 15.6. The number of carbonyl (C=O) groups is 1. The quantitative estimate of drug-likeness (QED) is 0.709. The van der Waals surface area contributed by atoms with Crippen LogP contribution in [0.25, 0.3) is 11.4 Å². The van der Waals surface area contributed by atoms with Gasteiger partial charge in [0.15, 0.2) is 0 Å². The monoisotopic (exact) mass is 366 g/mol. The molecule has 0 spiro atoms. The number of alkyl halides is 1. The highest BCUT2D eigenvalue weighted by atomic mass is 19.1. The van der Waals surface area contributed by atoms with Gasteiger partial charge >= 0.3 is 0 Å². The molecular formula is C20H19FN4O2. The number of rotatable bonds is 4. The molecule has 1 aliphatic rings. The third kappa shape index (κ3) is 3.72. The maximum Gasteiger partial charge on any atom is 0.266 e. The van der Waals surface area contributed by atoms with E-state index in [1.165, 1.54) is 4.90 Å². The standard InChI is InChI=1S/C20H19FN4O2/c21-20(19-23-18(24-27-19)16-7-2-1-3-8-16)9-5-11-25(14-20)17(26)12-15-6-4-10-22-13-15/h1-4,6-8,10,13H,5,9,11-12,14H2. The average molecular weight is 366 g/mol. The van der Waals surface area contributed by atoms with Crippen molar-refractivity contribution in [1.29, 1.82) is 0 Å². The van der Waals surface area contributed by atoms with E-state index in [4.69, 9.17) is 4.52 Å². The number of likely N-dealkylation sites (tertiary alicyclic amines) is 1. The Morgan fingerprint density at radius 2 is 2.07 bits per heavy atom. The number of pyridine rings is 1. The van der Waals surface area contributed by atoms with Gasteiger partial charge in [-0.15, -0.1) is 0 Å². The van der Waals surface area contributed by atoms with Gasteiger partial charge in [0.1, 0.15) is 0 Å². The number of carbonyl (C=O) groups excluding carboxylic acids is 1. The molecule has 1 amide bonds. The van der Waals surface area contributed by atoms with E-state index >= 15 is 4.39 Å². The highest BCUT2D eigenvalue weighted by Crippen LogP contribution is 2.35. The van der Waals surface area contributed by atoms with Gasteiger partial charge in [-0.3, -0.25) is 9.78 Å². The topological polar surface area (TPSA) is 72.1 Å². The molecule has 1 aromatic carbocycles. The van der Waals surface area contributed by atoms with Gasteiger partial charge in [-0.25, -0.2) is 4.39 Å². The summed E-state index contributed by atoms with van der Waals surface area (Å²) in [7, 11) is 0. The molecule has 3 heterocycles. The number of nitrogens with zero attached hydrogens (tertiary/aromatic N) is 4. The molecule has 0 saturated carbocycles. The van der Waals surface area contributed by atoms with Gasteiger partial charge in [0.05, 0.1) is 13.0 Å². The van der Waals surface area contributed by atoms with E-state index in [0.29, 0.717) is 18.8 Å². The largest absolute Gasteiger partial charge is 0.339 e. The van der Waals surface area contributed by atoms with E-state index in [-0.39, 0.29) is 31.2 Å². The molecule has 0 aliphatic carbocycles. The third-order valence-corrected chi connectivity index (χ3v) is 4.71. The molecule has 0 radical (unpaired) electrons. The van der Waals surface area contributed by atoms with Crippen molar-refractivity contribution in [3.63, 3.8) is 0 Å². The number of benzene rings is 1. The average Bonchev–Trinajstić information content (AvgIpc) is 3.21. The SMILES string of the molecule is O=C(Cc1cccnc1)N1CCCC(F)(c2nc(-c3ccccc3)no2)C1. The van der Waals surface area contributed by atoms with Crippen molar-refractivity contribution in [1.82, 2.24) is 20.0 Å². The minimum absolute atomic E-state index is 0.0692. The summed E-state index contributed by atoms with van der Waals surface area (Å²) < 4.78 is 20.8. The van der Waals surface area contributed by atoms with Crippen LogP contribution in [0.1, 0.15) is 24.3 Å². The Morgan fingerprint density at radius 3 is 2.85 bits per heavy atom. The molecule has 1 unspecified atom stereocenters. The molecule has 0 bridgehead atoms. The number of hydrogen-bond donors (Lipinski definition) is 0. The molecule has 138 valence electrons. The van der Waals surface area contributed by atoms with E-state index in [1.807, 2.05) is 36.4 Å². The highest BCUT2D eigenvalue weighted by molar-refractivity contribution is 5.78. The molecule has 0 N–H and O–H groups in total. The Labute approximate surface area is 156 Å². The first kappa shape index (κ1) is 17.3. The van der Waals surface area contributed by atoms with Crippen LogP contribution in [-0.2, 0) is 16.9 Å². The van der Waals surface area contributed by atoms with Crippen molar-refractivity contribution in [2.45, 2.75) is 24.9 Å². The summed E-state index contributed by atoms with van der Waals surface area (Å²) in [5, 5.41) is 3.91. The Bertz CT molecular complexity index is 916. The zero-order chi connectivity index (χ0) is 18.7. The summed E-state index contributed by atoms with van der Waals surface area (Å²) in [6.07, 6.45) is 4.29. The van der Waals surface area contributed by atoms with E-state index < -0.39 is 5.67 Å². The molecule has 3 aromatic rings. The zero-order valence-electron chi connectivity index (χ0n) is 14.7. The van der Waals surface area contributed by atoms with E-state index in [1.54, 1.807) is 18.5 Å². The second-order valence-corrected chi connectivity index (χ2v) is 6.71. The predicted molar refractivity (Wildman–Crippen MR) is 96.3 cm³/mol. The molecule has 1 fully saturated rings. The summed E-state index contributed by atoms with van der Waals surface area (Å²) in [4.78, 5) is 22.4. The Balaban J connectivity index is 1.50. The zero-order valence-corrected chi connectivity index (χ0v) is 14.7. The van der Waals surface area contributed by atoms with E-state index in [2.05, 4.69) is 15.1 Å². The summed E-state index contributed by atoms with van der Waals surface area (Å²) in [5.74, 6) is 0.147. The minimum Gasteiger partial charge on any atom is -0.339 e. The van der Waals surface area contributed by atoms with Gasteiger partial charge in [-0.05, 0) is 24.5 Å². The maximum absolute atomic E-state index is 15.6. The van der Waals surface area contributed by atoms with Crippen LogP contribution in [0, 0.1) is 0 Å². The van der Waals surface area contributed by atoms with Crippen LogP contribution < -0.4 is 0 Å². The molecular weight excluding hydrogens is 347 g/mol. The van der Waals surface area contributed by atoms with Crippen LogP contribution in [0.4, 0.5) is 4.39 Å². The van der Waals surface area contributed by atoms with Crippen molar-refractivity contribution >= 4 is 5.91 Å². The molecule has 1 atom stereocenters. The number of piperidine rings is 1. The fraction of sp³-hybridized carbons (Fsp3) is 0.300. The van der Waals surface area contributed by atoms with Crippen molar-refractivity contribution in [2.24, 2.45) is 0 Å². The summed E-state index contributed by atoms with van der Waals surface area (Å²) in [6.45, 7) is 0.437. The molecule has 6 nitrogen and oxygen atoms in total. The van der Waals surface area contributed by atoms with Crippen LogP contribution in [0.5, 0.6) is 0 Å². The lowest BCUT2D eigenvalue weighted by Gasteiger charge is -2.35. The van der Waals surface area contributed by atoms with Crippen molar-refractivity contribution < 1.29 is 13.7 Å². The van der Waals surface area contributed by atoms with Crippen LogP contribution >= 0.6 is 0 Å². The summed E-state index contributed by atoms with van der Waals surface area (Å²) >= 11 is 0. The Hall–Kier alpha value is -3.09. The predicted octanol–water partition coefficient (Wildman–Crippen LogP) is 3.16. The number of aromatic nitrogens is 3. The first-order valence-corrected chi connectivity index (χ1v) is 8.89. The van der Waals surface area contributed by atoms with Gasteiger partial charge in [-0.2, -0.15) is 4.98 Å². The second kappa shape index (κ2) is 7.26. The van der Waals surface area contributed by atoms with Gasteiger partial charge in [0, 0.05) is 24.5 Å². The smallest absolute Gasteiger partial charge is 0.266 e. The van der Waals surface area contributed by atoms with Crippen LogP contribution in [0.2, 0.25) is 0 Å². The lowest BCUT2D eigenvalue weighted by atomic mass is 9.94. The van der Waals surface area contributed by atoms with Gasteiger partial charge in [-0.1, -0.05) is 41.6 Å². The van der Waals surface area contributed by atoms with Crippen molar-refractivity contribution in [3.05, 3.63) is 66.3 Å². The second-order valence-electron chi connectivity index (χ2n) is 6.71. The van der Waals surface area contributed by atoms with E-state index in [0.717, 1.165) is 11.1 Å². The van der Waals surface area contributed by atoms with Crippen LogP contribution in [0.3, 0.4) is 0 Å². The molecule has 27 heavy (non-hydrogen) atoms. The van der Waals surface area contributed by atoms with Crippen LogP contribution in [-0.4, -0.2) is 39.0 Å². The number of hydrogen-bond acceptors (Lipinski definition) is 5. The van der Waals surface area contributed by atoms with Gasteiger partial charge in [0.2, 0.25) is 17.4 Å². The molecule has 1 saturated heterocycles. The lowest BCUT2D eigenvalue weighted by Crippen LogP contribution is -2.47. The lowest BCUT2D eigenvalue weighted by molar-refractivity contribution is -0.135. The van der Waals surface area contributed by atoms with Crippen molar-refractivity contribution in [3.8, 4) is 11.4 Å². The molecule has 4 rings (SSSR count). The fourth-order valence-corrected chi connectivity index (χ4v) is 3.30. The number of halogens is 1. The minimum atomic E-state index is -1.83. The molecule has 2 aromatic heterocycles. The van der Waals surface area contributed by atoms with Gasteiger partial charge < -0.3 is 9.42 Å². The first-order chi connectivity index (χ1) is 13.1. The van der Waals surface area contributed by atoms with Crippen molar-refractivity contribution in [2.75, 3.05) is 13.1 Å². The summed E-state index contributed by atoms with van der Waals surface area (Å²) in [6, 6.07) is 12.9. The normalized spacial score (nSPS) is 19.8. The highest BCUT2D eigenvalue weighted by Gasteiger charge is 2.43. The molecule has 1 aliphatic heterocycles. The third-order valence-electron chi connectivity index (χ3n) is 4.71. The Kier molecular flexibility index (Phi) is 4.66. The van der Waals surface area contributed by atoms with Gasteiger partial charge in [0.25, 0.3) is 5.89 Å². The van der Waals surface area contributed by atoms with E-state index in [9.17, 15) is 4.79 Å². The Morgan fingerprint density at radius 1 is 1.22 bits per heavy atom. The first-order valence-electron chi connectivity index (χ1n) is 8.89. The molecule has 7 heteroatoms. The summed E-state index contributed by atoms with van der Waals surface area (Å²) in [5.41, 5.74) is -0.263. The number of amides is 1.